The number of benzene rings is 1. The van der Waals surface area contributed by atoms with Gasteiger partial charge < -0.3 is 15.7 Å². The number of nitrogens with two attached hydrogens (primary N) is 1. The van der Waals surface area contributed by atoms with Gasteiger partial charge in [-0.1, -0.05) is 27.2 Å². The van der Waals surface area contributed by atoms with E-state index in [1.807, 2.05) is 24.3 Å². The first-order valence-corrected chi connectivity index (χ1v) is 7.76. The zero-order valence-electron chi connectivity index (χ0n) is 11.9. The molecule has 1 aromatic carbocycles. The fourth-order valence-corrected chi connectivity index (χ4v) is 2.66. The molecular formula is C14H21BrN4O2. The SMILES string of the molecule is NC(CN1CCN(CCOc2cccc(Br)c2)CC1)=NO. The van der Waals surface area contributed by atoms with Gasteiger partial charge in [0.15, 0.2) is 5.84 Å². The van der Waals surface area contributed by atoms with Gasteiger partial charge in [0, 0.05) is 37.2 Å². The Balaban J connectivity index is 1.65. The van der Waals surface area contributed by atoms with Crippen molar-refractivity contribution in [2.45, 2.75) is 0 Å². The van der Waals surface area contributed by atoms with Gasteiger partial charge in [-0.25, -0.2) is 0 Å². The molecule has 7 heteroatoms. The molecule has 0 radical (unpaired) electrons. The summed E-state index contributed by atoms with van der Waals surface area (Å²) in [5.41, 5.74) is 5.52. The van der Waals surface area contributed by atoms with Gasteiger partial charge in [-0.05, 0) is 18.2 Å². The Labute approximate surface area is 133 Å². The van der Waals surface area contributed by atoms with Crippen LogP contribution in [0.1, 0.15) is 0 Å². The van der Waals surface area contributed by atoms with E-state index in [-0.39, 0.29) is 5.84 Å². The highest BCUT2D eigenvalue weighted by Crippen LogP contribution is 2.17. The third-order valence-corrected chi connectivity index (χ3v) is 3.94. The molecule has 0 atom stereocenters. The van der Waals surface area contributed by atoms with Gasteiger partial charge in [0.1, 0.15) is 12.4 Å². The molecule has 0 saturated carbocycles. The summed E-state index contributed by atoms with van der Waals surface area (Å²) in [5.74, 6) is 1.15. The van der Waals surface area contributed by atoms with E-state index in [2.05, 4.69) is 30.9 Å². The molecule has 0 spiro atoms. The fourth-order valence-electron chi connectivity index (χ4n) is 2.28. The predicted molar refractivity (Wildman–Crippen MR) is 85.9 cm³/mol. The normalized spacial score (nSPS) is 17.9. The lowest BCUT2D eigenvalue weighted by atomic mass is 10.3. The van der Waals surface area contributed by atoms with E-state index >= 15 is 0 Å². The monoisotopic (exact) mass is 356 g/mol. The van der Waals surface area contributed by atoms with Crippen molar-refractivity contribution < 1.29 is 9.94 Å². The topological polar surface area (TPSA) is 74.3 Å². The Kier molecular flexibility index (Phi) is 6.28. The number of ether oxygens (including phenoxy) is 1. The highest BCUT2D eigenvalue weighted by Gasteiger charge is 2.17. The maximum Gasteiger partial charge on any atom is 0.153 e. The summed E-state index contributed by atoms with van der Waals surface area (Å²) in [6, 6.07) is 7.87. The number of nitrogens with zero attached hydrogens (tertiary/aromatic N) is 3. The summed E-state index contributed by atoms with van der Waals surface area (Å²) in [4.78, 5) is 4.54. The minimum absolute atomic E-state index is 0.265. The third kappa shape index (κ3) is 5.53. The minimum Gasteiger partial charge on any atom is -0.492 e. The smallest absolute Gasteiger partial charge is 0.153 e. The van der Waals surface area contributed by atoms with Crippen molar-refractivity contribution >= 4 is 21.8 Å². The van der Waals surface area contributed by atoms with Crippen LogP contribution in [-0.2, 0) is 0 Å². The number of amidine groups is 1. The van der Waals surface area contributed by atoms with Crippen molar-refractivity contribution in [3.8, 4) is 5.75 Å². The van der Waals surface area contributed by atoms with Crippen molar-refractivity contribution in [3.05, 3.63) is 28.7 Å². The lowest BCUT2D eigenvalue weighted by Gasteiger charge is -2.34. The van der Waals surface area contributed by atoms with Gasteiger partial charge in [-0.15, -0.1) is 0 Å². The Bertz CT molecular complexity index is 476. The highest BCUT2D eigenvalue weighted by molar-refractivity contribution is 9.10. The van der Waals surface area contributed by atoms with E-state index < -0.39 is 0 Å². The number of halogens is 1. The Hall–Kier alpha value is -1.31. The number of piperazine rings is 1. The van der Waals surface area contributed by atoms with Crippen molar-refractivity contribution in [1.82, 2.24) is 9.80 Å². The number of hydrogen-bond acceptors (Lipinski definition) is 5. The summed E-state index contributed by atoms with van der Waals surface area (Å²) in [5, 5.41) is 11.6. The van der Waals surface area contributed by atoms with Gasteiger partial charge >= 0.3 is 0 Å². The van der Waals surface area contributed by atoms with Crippen LogP contribution < -0.4 is 10.5 Å². The summed E-state index contributed by atoms with van der Waals surface area (Å²) >= 11 is 3.43. The standard InChI is InChI=1S/C14H21BrN4O2/c15-12-2-1-3-13(10-12)21-9-8-18-4-6-19(7-5-18)11-14(16)17-20/h1-3,10,20H,4-9,11H2,(H2,16,17). The molecule has 1 heterocycles. The lowest BCUT2D eigenvalue weighted by Crippen LogP contribution is -2.49. The van der Waals surface area contributed by atoms with E-state index in [1.54, 1.807) is 0 Å². The molecule has 1 aliphatic heterocycles. The molecule has 1 fully saturated rings. The second-order valence-electron chi connectivity index (χ2n) is 5.01. The molecule has 1 saturated heterocycles. The second kappa shape index (κ2) is 8.21. The first kappa shape index (κ1) is 16.1. The fraction of sp³-hybridized carbons (Fsp3) is 0.500. The molecule has 0 amide bonds. The van der Waals surface area contributed by atoms with Gasteiger partial charge in [0.25, 0.3) is 0 Å². The zero-order valence-corrected chi connectivity index (χ0v) is 13.5. The molecule has 6 nitrogen and oxygen atoms in total. The second-order valence-corrected chi connectivity index (χ2v) is 5.93. The molecule has 0 aromatic heterocycles. The van der Waals surface area contributed by atoms with Crippen LogP contribution >= 0.6 is 15.9 Å². The summed E-state index contributed by atoms with van der Waals surface area (Å²) in [7, 11) is 0. The maximum atomic E-state index is 8.57. The Morgan fingerprint density at radius 2 is 2.00 bits per heavy atom. The van der Waals surface area contributed by atoms with Crippen LogP contribution in [0.4, 0.5) is 0 Å². The molecule has 21 heavy (non-hydrogen) atoms. The van der Waals surface area contributed by atoms with Crippen LogP contribution in [0.15, 0.2) is 33.9 Å². The lowest BCUT2D eigenvalue weighted by molar-refractivity contribution is 0.126. The summed E-state index contributed by atoms with van der Waals surface area (Å²) in [6.07, 6.45) is 0. The molecule has 1 aromatic rings. The maximum absolute atomic E-state index is 8.57. The van der Waals surface area contributed by atoms with Crippen LogP contribution in [0.5, 0.6) is 5.75 Å². The molecule has 0 bridgehead atoms. The van der Waals surface area contributed by atoms with Crippen LogP contribution in [-0.4, -0.2) is 66.7 Å². The van der Waals surface area contributed by atoms with Gasteiger partial charge in [0.05, 0.1) is 6.54 Å². The molecule has 2 rings (SSSR count). The van der Waals surface area contributed by atoms with Crippen molar-refractivity contribution in [2.24, 2.45) is 10.9 Å². The largest absolute Gasteiger partial charge is 0.492 e. The minimum atomic E-state index is 0.265. The molecule has 116 valence electrons. The predicted octanol–water partition coefficient (Wildman–Crippen LogP) is 1.19. The van der Waals surface area contributed by atoms with Gasteiger partial charge in [0.2, 0.25) is 0 Å². The van der Waals surface area contributed by atoms with Crippen molar-refractivity contribution in [3.63, 3.8) is 0 Å². The average Bonchev–Trinajstić information content (AvgIpc) is 2.49. The first-order valence-electron chi connectivity index (χ1n) is 6.97. The number of hydrogen-bond donors (Lipinski definition) is 2. The van der Waals surface area contributed by atoms with Gasteiger partial charge in [-0.3, -0.25) is 9.80 Å². The average molecular weight is 357 g/mol. The molecule has 3 N–H and O–H groups in total. The van der Waals surface area contributed by atoms with E-state index in [1.165, 1.54) is 0 Å². The summed E-state index contributed by atoms with van der Waals surface area (Å²) in [6.45, 7) is 5.90. The number of oxime groups is 1. The molecule has 1 aliphatic rings. The molecule has 0 unspecified atom stereocenters. The zero-order chi connectivity index (χ0) is 15.1. The quantitative estimate of drug-likeness (QED) is 0.346. The number of rotatable bonds is 6. The van der Waals surface area contributed by atoms with Crippen molar-refractivity contribution in [1.29, 1.82) is 0 Å². The Morgan fingerprint density at radius 1 is 1.29 bits per heavy atom. The third-order valence-electron chi connectivity index (χ3n) is 3.45. The van der Waals surface area contributed by atoms with E-state index in [0.29, 0.717) is 13.2 Å². The summed E-state index contributed by atoms with van der Waals surface area (Å²) < 4.78 is 6.77. The van der Waals surface area contributed by atoms with Crippen LogP contribution in [0, 0.1) is 0 Å². The van der Waals surface area contributed by atoms with E-state index in [9.17, 15) is 0 Å². The molecule has 0 aliphatic carbocycles. The van der Waals surface area contributed by atoms with E-state index in [4.69, 9.17) is 15.7 Å². The van der Waals surface area contributed by atoms with Crippen LogP contribution in [0.25, 0.3) is 0 Å². The Morgan fingerprint density at radius 3 is 2.67 bits per heavy atom. The van der Waals surface area contributed by atoms with Crippen molar-refractivity contribution in [2.75, 3.05) is 45.9 Å². The van der Waals surface area contributed by atoms with Crippen LogP contribution in [0.2, 0.25) is 0 Å². The van der Waals surface area contributed by atoms with E-state index in [0.717, 1.165) is 42.9 Å². The van der Waals surface area contributed by atoms with Crippen LogP contribution in [0.3, 0.4) is 0 Å². The first-order chi connectivity index (χ1) is 10.2. The highest BCUT2D eigenvalue weighted by atomic mass is 79.9. The molecular weight excluding hydrogens is 336 g/mol. The van der Waals surface area contributed by atoms with Gasteiger partial charge in [-0.2, -0.15) is 0 Å².